The quantitative estimate of drug-likeness (QED) is 0.674. The molecule has 2 aromatic carbocycles. The van der Waals surface area contributed by atoms with Crippen LogP contribution < -0.4 is 4.90 Å². The van der Waals surface area contributed by atoms with Gasteiger partial charge in [0.2, 0.25) is 0 Å². The minimum absolute atomic E-state index is 0.0896. The smallest absolute Gasteiger partial charge is 0.165 e. The first-order valence-corrected chi connectivity index (χ1v) is 9.83. The van der Waals surface area contributed by atoms with Crippen molar-refractivity contribution in [1.29, 1.82) is 0 Å². The molecule has 2 aromatic rings. The summed E-state index contributed by atoms with van der Waals surface area (Å²) < 4.78 is 0. The van der Waals surface area contributed by atoms with Crippen molar-refractivity contribution in [2.75, 3.05) is 11.4 Å². The van der Waals surface area contributed by atoms with E-state index in [0.29, 0.717) is 6.42 Å². The van der Waals surface area contributed by atoms with Crippen LogP contribution in [0.3, 0.4) is 0 Å². The Morgan fingerprint density at radius 3 is 2.22 bits per heavy atom. The number of rotatable bonds is 4. The third-order valence-electron chi connectivity index (χ3n) is 5.56. The topological polar surface area (TPSA) is 20.3 Å². The van der Waals surface area contributed by atoms with Gasteiger partial charge in [-0.15, -0.1) is 0 Å². The first-order chi connectivity index (χ1) is 12.7. The largest absolute Gasteiger partial charge is 0.348 e. The Kier molecular flexibility index (Phi) is 5.28. The van der Waals surface area contributed by atoms with E-state index in [1.807, 2.05) is 30.3 Å². The van der Waals surface area contributed by atoms with Crippen LogP contribution in [0, 0.1) is 5.41 Å². The van der Waals surface area contributed by atoms with E-state index in [1.54, 1.807) is 0 Å². The molecular formula is C25H31NO. The molecule has 2 heteroatoms. The summed E-state index contributed by atoms with van der Waals surface area (Å²) in [5.41, 5.74) is 4.54. The lowest BCUT2D eigenvalue weighted by molar-refractivity contribution is -0.116. The van der Waals surface area contributed by atoms with Crippen LogP contribution in [0.5, 0.6) is 0 Å². The van der Waals surface area contributed by atoms with Gasteiger partial charge in [0, 0.05) is 30.4 Å². The van der Waals surface area contributed by atoms with Gasteiger partial charge in [0.15, 0.2) is 5.78 Å². The van der Waals surface area contributed by atoms with Gasteiger partial charge in [-0.2, -0.15) is 0 Å². The van der Waals surface area contributed by atoms with Crippen LogP contribution in [-0.4, -0.2) is 12.3 Å². The maximum Gasteiger partial charge on any atom is 0.165 e. The lowest BCUT2D eigenvalue weighted by atomic mass is 9.76. The molecule has 0 amide bonds. The van der Waals surface area contributed by atoms with Crippen molar-refractivity contribution in [3.05, 3.63) is 77.5 Å². The third-order valence-corrected chi connectivity index (χ3v) is 5.56. The highest BCUT2D eigenvalue weighted by Gasteiger charge is 2.33. The van der Waals surface area contributed by atoms with E-state index < -0.39 is 0 Å². The van der Waals surface area contributed by atoms with Gasteiger partial charge in [0.1, 0.15) is 0 Å². The zero-order chi connectivity index (χ0) is 19.7. The van der Waals surface area contributed by atoms with Gasteiger partial charge in [-0.3, -0.25) is 4.79 Å². The molecule has 0 bridgehead atoms. The molecule has 0 N–H and O–H groups in total. The Hall–Kier alpha value is -2.35. The highest BCUT2D eigenvalue weighted by atomic mass is 16.1. The van der Waals surface area contributed by atoms with Crippen molar-refractivity contribution in [3.8, 4) is 0 Å². The molecule has 27 heavy (non-hydrogen) atoms. The average Bonchev–Trinajstić information content (AvgIpc) is 2.61. The van der Waals surface area contributed by atoms with E-state index in [9.17, 15) is 4.79 Å². The van der Waals surface area contributed by atoms with Crippen LogP contribution in [0.4, 0.5) is 5.69 Å². The Morgan fingerprint density at radius 1 is 1.00 bits per heavy atom. The molecule has 3 rings (SSSR count). The molecule has 0 unspecified atom stereocenters. The number of Topliss-reactive ketones (excluding diaryl/α,β-unsaturated/α-hetero) is 1. The van der Waals surface area contributed by atoms with Crippen LogP contribution in [0.2, 0.25) is 0 Å². The molecule has 0 fully saturated rings. The predicted octanol–water partition coefficient (Wildman–Crippen LogP) is 5.92. The number of hydrogen-bond donors (Lipinski definition) is 0. The fourth-order valence-corrected chi connectivity index (χ4v) is 3.61. The number of nitrogens with zero attached hydrogens (tertiary/aromatic N) is 1. The van der Waals surface area contributed by atoms with Crippen LogP contribution in [0.15, 0.2) is 66.4 Å². The number of carbonyl (C=O) groups is 1. The van der Waals surface area contributed by atoms with Crippen molar-refractivity contribution in [1.82, 2.24) is 0 Å². The van der Waals surface area contributed by atoms with Crippen molar-refractivity contribution in [2.24, 2.45) is 5.41 Å². The summed E-state index contributed by atoms with van der Waals surface area (Å²) in [4.78, 5) is 15.3. The molecule has 0 saturated heterocycles. The summed E-state index contributed by atoms with van der Waals surface area (Å²) >= 11 is 0. The third kappa shape index (κ3) is 4.50. The Morgan fingerprint density at radius 2 is 1.63 bits per heavy atom. The molecule has 0 radical (unpaired) electrons. The van der Waals surface area contributed by atoms with Gasteiger partial charge in [-0.25, -0.2) is 0 Å². The van der Waals surface area contributed by atoms with E-state index in [4.69, 9.17) is 0 Å². The molecule has 0 aliphatic carbocycles. The Labute approximate surface area is 163 Å². The fraction of sp³-hybridized carbons (Fsp3) is 0.400. The van der Waals surface area contributed by atoms with E-state index in [-0.39, 0.29) is 16.6 Å². The van der Waals surface area contributed by atoms with E-state index >= 15 is 0 Å². The Balaban J connectivity index is 1.85. The molecule has 2 nitrogen and oxygen atoms in total. The normalized spacial score (nSPS) is 16.8. The van der Waals surface area contributed by atoms with Crippen molar-refractivity contribution < 1.29 is 4.79 Å². The summed E-state index contributed by atoms with van der Waals surface area (Å²) in [5, 5.41) is 0. The molecule has 0 spiro atoms. The van der Waals surface area contributed by atoms with Gasteiger partial charge in [0.05, 0.1) is 0 Å². The molecule has 0 saturated carbocycles. The summed E-state index contributed by atoms with van der Waals surface area (Å²) in [7, 11) is 0. The number of benzene rings is 2. The summed E-state index contributed by atoms with van der Waals surface area (Å²) in [6, 6.07) is 18.8. The summed E-state index contributed by atoms with van der Waals surface area (Å²) in [5.74, 6) is 0.224. The predicted molar refractivity (Wildman–Crippen MR) is 114 cm³/mol. The average molecular weight is 362 g/mol. The molecule has 0 atom stereocenters. The van der Waals surface area contributed by atoms with Crippen molar-refractivity contribution in [3.63, 3.8) is 0 Å². The first kappa shape index (κ1) is 19.4. The molecule has 1 heterocycles. The maximum absolute atomic E-state index is 13.1. The minimum Gasteiger partial charge on any atom is -0.348 e. The second-order valence-electron chi connectivity index (χ2n) is 9.25. The van der Waals surface area contributed by atoms with Crippen LogP contribution in [0.1, 0.15) is 52.2 Å². The lowest BCUT2D eigenvalue weighted by Gasteiger charge is -2.37. The van der Waals surface area contributed by atoms with E-state index in [0.717, 1.165) is 29.8 Å². The standard InChI is InChI=1S/C25H31NO/c1-24(2,3)20-11-13-21(14-12-20)26-16-15-25(4,5)22(18-26)23(27)17-19-9-7-6-8-10-19/h6-14,18H,15-17H2,1-5H3. The summed E-state index contributed by atoms with van der Waals surface area (Å²) in [6.45, 7) is 12.0. The molecule has 142 valence electrons. The monoisotopic (exact) mass is 361 g/mol. The highest BCUT2D eigenvalue weighted by molar-refractivity contribution is 5.98. The highest BCUT2D eigenvalue weighted by Crippen LogP contribution is 2.37. The number of carbonyl (C=O) groups excluding carboxylic acids is 1. The fourth-order valence-electron chi connectivity index (χ4n) is 3.61. The SMILES string of the molecule is CC1(C)CCN(c2ccc(C(C)(C)C)cc2)C=C1C(=O)Cc1ccccc1. The van der Waals surface area contributed by atoms with Crippen molar-refractivity contribution >= 4 is 11.5 Å². The summed E-state index contributed by atoms with van der Waals surface area (Å²) in [6.07, 6.45) is 3.52. The van der Waals surface area contributed by atoms with Gasteiger partial charge in [-0.1, -0.05) is 77.1 Å². The van der Waals surface area contributed by atoms with Gasteiger partial charge >= 0.3 is 0 Å². The van der Waals surface area contributed by atoms with Crippen LogP contribution in [-0.2, 0) is 16.6 Å². The maximum atomic E-state index is 13.1. The Bertz CT molecular complexity index is 823. The molecular weight excluding hydrogens is 330 g/mol. The van der Waals surface area contributed by atoms with Gasteiger partial charge in [0.25, 0.3) is 0 Å². The van der Waals surface area contributed by atoms with Crippen LogP contribution in [0.25, 0.3) is 0 Å². The molecule has 1 aliphatic rings. The zero-order valence-corrected chi connectivity index (χ0v) is 17.3. The van der Waals surface area contributed by atoms with Crippen molar-refractivity contribution in [2.45, 2.75) is 52.9 Å². The number of anilines is 1. The van der Waals surface area contributed by atoms with E-state index in [2.05, 4.69) is 70.0 Å². The number of allylic oxidation sites excluding steroid dienone is 1. The first-order valence-electron chi connectivity index (χ1n) is 9.83. The number of ketones is 1. The van der Waals surface area contributed by atoms with E-state index in [1.165, 1.54) is 5.56 Å². The second-order valence-corrected chi connectivity index (χ2v) is 9.25. The van der Waals surface area contributed by atoms with Gasteiger partial charge in [-0.05, 0) is 40.5 Å². The molecule has 1 aliphatic heterocycles. The number of hydrogen-bond acceptors (Lipinski definition) is 2. The lowest BCUT2D eigenvalue weighted by Crippen LogP contribution is -2.35. The second kappa shape index (κ2) is 7.34. The van der Waals surface area contributed by atoms with Crippen LogP contribution >= 0.6 is 0 Å². The van der Waals surface area contributed by atoms with Gasteiger partial charge < -0.3 is 4.90 Å². The molecule has 0 aromatic heterocycles. The zero-order valence-electron chi connectivity index (χ0n) is 17.3. The minimum atomic E-state index is -0.0896.